The van der Waals surface area contributed by atoms with Crippen LogP contribution in [0.1, 0.15) is 70.8 Å². The largest absolute Gasteiger partial charge is 0.416 e. The standard InChI is InChI=1S/C24H27F3N2O/c1-16-19(10-6-11-21(16)24(25,26)27)23(30)28-15-17-7-2-3-9-20(17)22-13-12-18-8-4-5-14-29(18)22/h2-3,6-7,9-11,18,22H,4-5,8,12-15H2,1H3,(H,28,30). The molecule has 30 heavy (non-hydrogen) atoms. The summed E-state index contributed by atoms with van der Waals surface area (Å²) in [6.45, 7) is 2.76. The Morgan fingerprint density at radius 2 is 1.87 bits per heavy atom. The average molecular weight is 416 g/mol. The third kappa shape index (κ3) is 4.10. The van der Waals surface area contributed by atoms with E-state index in [-0.39, 0.29) is 11.1 Å². The first kappa shape index (κ1) is 20.9. The lowest BCUT2D eigenvalue weighted by atomic mass is 9.97. The Morgan fingerprint density at radius 3 is 2.67 bits per heavy atom. The molecule has 0 radical (unpaired) electrons. The number of amides is 1. The molecular weight excluding hydrogens is 389 g/mol. The summed E-state index contributed by atoms with van der Waals surface area (Å²) in [5, 5.41) is 2.85. The molecule has 2 aliphatic heterocycles. The monoisotopic (exact) mass is 416 g/mol. The molecule has 0 bridgehead atoms. The number of hydrogen-bond acceptors (Lipinski definition) is 2. The zero-order valence-corrected chi connectivity index (χ0v) is 17.1. The highest BCUT2D eigenvalue weighted by Crippen LogP contribution is 2.41. The Hall–Kier alpha value is -2.34. The molecule has 1 N–H and O–H groups in total. The minimum atomic E-state index is -4.47. The third-order valence-electron chi connectivity index (χ3n) is 6.58. The van der Waals surface area contributed by atoms with Crippen molar-refractivity contribution >= 4 is 5.91 Å². The van der Waals surface area contributed by atoms with Crippen molar-refractivity contribution in [3.63, 3.8) is 0 Å². The van der Waals surface area contributed by atoms with E-state index in [0.717, 1.165) is 24.6 Å². The first-order chi connectivity index (χ1) is 14.4. The molecule has 0 aliphatic carbocycles. The van der Waals surface area contributed by atoms with Crippen LogP contribution in [0, 0.1) is 6.92 Å². The van der Waals surface area contributed by atoms with Crippen molar-refractivity contribution in [3.05, 3.63) is 70.3 Å². The van der Waals surface area contributed by atoms with Gasteiger partial charge in [0, 0.05) is 24.2 Å². The smallest absolute Gasteiger partial charge is 0.348 e. The quantitative estimate of drug-likeness (QED) is 0.700. The Kier molecular flexibility index (Phi) is 5.87. The van der Waals surface area contributed by atoms with Crippen LogP contribution in [-0.2, 0) is 12.7 Å². The number of rotatable bonds is 4. The number of carbonyl (C=O) groups is 1. The first-order valence-corrected chi connectivity index (χ1v) is 10.6. The molecular formula is C24H27F3N2O. The van der Waals surface area contributed by atoms with Crippen LogP contribution in [0.2, 0.25) is 0 Å². The molecule has 3 nitrogen and oxygen atoms in total. The first-order valence-electron chi connectivity index (χ1n) is 10.6. The number of halogens is 3. The van der Waals surface area contributed by atoms with E-state index in [9.17, 15) is 18.0 Å². The minimum Gasteiger partial charge on any atom is -0.348 e. The summed E-state index contributed by atoms with van der Waals surface area (Å²) in [6, 6.07) is 12.9. The zero-order chi connectivity index (χ0) is 21.3. The van der Waals surface area contributed by atoms with Crippen LogP contribution in [-0.4, -0.2) is 23.4 Å². The number of carbonyl (C=O) groups excluding carboxylic acids is 1. The van der Waals surface area contributed by atoms with Crippen molar-refractivity contribution in [2.45, 2.75) is 63.8 Å². The van der Waals surface area contributed by atoms with Gasteiger partial charge in [-0.25, -0.2) is 0 Å². The van der Waals surface area contributed by atoms with Crippen LogP contribution in [0.4, 0.5) is 13.2 Å². The Morgan fingerprint density at radius 1 is 1.07 bits per heavy atom. The van der Waals surface area contributed by atoms with Crippen molar-refractivity contribution in [2.24, 2.45) is 0 Å². The number of alkyl halides is 3. The molecule has 2 aliphatic rings. The van der Waals surface area contributed by atoms with Crippen LogP contribution in [0.5, 0.6) is 0 Å². The molecule has 6 heteroatoms. The van der Waals surface area contributed by atoms with Gasteiger partial charge in [0.15, 0.2) is 0 Å². The van der Waals surface area contributed by atoms with Gasteiger partial charge < -0.3 is 5.32 Å². The van der Waals surface area contributed by atoms with E-state index in [0.29, 0.717) is 18.6 Å². The molecule has 160 valence electrons. The van der Waals surface area contributed by atoms with Crippen LogP contribution in [0.25, 0.3) is 0 Å². The van der Waals surface area contributed by atoms with Gasteiger partial charge in [-0.1, -0.05) is 36.8 Å². The van der Waals surface area contributed by atoms with Crippen molar-refractivity contribution < 1.29 is 18.0 Å². The summed E-state index contributed by atoms with van der Waals surface area (Å²) in [7, 11) is 0. The van der Waals surface area contributed by atoms with Crippen LogP contribution < -0.4 is 5.32 Å². The topological polar surface area (TPSA) is 32.3 Å². The fraction of sp³-hybridized carbons (Fsp3) is 0.458. The number of nitrogens with one attached hydrogen (secondary N) is 1. The molecule has 2 saturated heterocycles. The van der Waals surface area contributed by atoms with Gasteiger partial charge in [-0.2, -0.15) is 13.2 Å². The molecule has 2 atom stereocenters. The second kappa shape index (κ2) is 8.42. The predicted octanol–water partition coefficient (Wildman–Crippen LogP) is 5.63. The molecule has 0 saturated carbocycles. The molecule has 2 aromatic carbocycles. The molecule has 0 aromatic heterocycles. The zero-order valence-electron chi connectivity index (χ0n) is 17.1. The van der Waals surface area contributed by atoms with Gasteiger partial charge in [0.1, 0.15) is 0 Å². The lowest BCUT2D eigenvalue weighted by Gasteiger charge is -2.35. The van der Waals surface area contributed by atoms with Crippen LogP contribution in [0.15, 0.2) is 42.5 Å². The van der Waals surface area contributed by atoms with Gasteiger partial charge in [-0.15, -0.1) is 0 Å². The molecule has 2 aromatic rings. The van der Waals surface area contributed by atoms with E-state index < -0.39 is 17.6 Å². The van der Waals surface area contributed by atoms with Gasteiger partial charge in [-0.05, 0) is 68.0 Å². The van der Waals surface area contributed by atoms with E-state index in [1.165, 1.54) is 50.3 Å². The molecule has 4 rings (SSSR count). The van der Waals surface area contributed by atoms with Gasteiger partial charge >= 0.3 is 6.18 Å². The van der Waals surface area contributed by atoms with E-state index in [2.05, 4.69) is 16.3 Å². The molecule has 2 heterocycles. The second-order valence-corrected chi connectivity index (χ2v) is 8.34. The van der Waals surface area contributed by atoms with Gasteiger partial charge in [0.05, 0.1) is 5.56 Å². The van der Waals surface area contributed by atoms with Crippen molar-refractivity contribution in [1.29, 1.82) is 0 Å². The number of piperidine rings is 1. The van der Waals surface area contributed by atoms with E-state index in [4.69, 9.17) is 0 Å². The maximum Gasteiger partial charge on any atom is 0.416 e. The Balaban J connectivity index is 1.51. The number of fused-ring (bicyclic) bond motifs is 1. The second-order valence-electron chi connectivity index (χ2n) is 8.34. The van der Waals surface area contributed by atoms with Gasteiger partial charge in [0.25, 0.3) is 5.91 Å². The lowest BCUT2D eigenvalue weighted by Crippen LogP contribution is -2.36. The lowest BCUT2D eigenvalue weighted by molar-refractivity contribution is -0.138. The Bertz CT molecular complexity index is 925. The summed E-state index contributed by atoms with van der Waals surface area (Å²) in [5.74, 6) is -0.476. The van der Waals surface area contributed by atoms with E-state index in [1.807, 2.05) is 18.2 Å². The van der Waals surface area contributed by atoms with Crippen LogP contribution >= 0.6 is 0 Å². The summed E-state index contributed by atoms with van der Waals surface area (Å²) in [6.07, 6.45) is 1.62. The highest BCUT2D eigenvalue weighted by atomic mass is 19.4. The average Bonchev–Trinajstić information content (AvgIpc) is 3.15. The number of hydrogen-bond donors (Lipinski definition) is 1. The normalized spacial score (nSPS) is 22.0. The fourth-order valence-corrected chi connectivity index (χ4v) is 5.07. The fourth-order valence-electron chi connectivity index (χ4n) is 5.07. The van der Waals surface area contributed by atoms with E-state index >= 15 is 0 Å². The van der Waals surface area contributed by atoms with Gasteiger partial charge in [-0.3, -0.25) is 9.69 Å². The van der Waals surface area contributed by atoms with Crippen molar-refractivity contribution in [1.82, 2.24) is 10.2 Å². The van der Waals surface area contributed by atoms with Gasteiger partial charge in [0.2, 0.25) is 0 Å². The summed E-state index contributed by atoms with van der Waals surface area (Å²) >= 11 is 0. The Labute approximate surface area is 175 Å². The van der Waals surface area contributed by atoms with Crippen molar-refractivity contribution in [2.75, 3.05) is 6.54 Å². The molecule has 0 spiro atoms. The molecule has 2 unspecified atom stereocenters. The number of benzene rings is 2. The third-order valence-corrected chi connectivity index (χ3v) is 6.58. The highest BCUT2D eigenvalue weighted by Gasteiger charge is 2.36. The summed E-state index contributed by atoms with van der Waals surface area (Å²) < 4.78 is 39.5. The SMILES string of the molecule is Cc1c(C(=O)NCc2ccccc2C2CCC3CCCCN32)cccc1C(F)(F)F. The predicted molar refractivity (Wildman–Crippen MR) is 110 cm³/mol. The van der Waals surface area contributed by atoms with E-state index in [1.54, 1.807) is 0 Å². The number of nitrogens with zero attached hydrogens (tertiary/aromatic N) is 1. The maximum atomic E-state index is 13.2. The summed E-state index contributed by atoms with van der Waals surface area (Å²) in [4.78, 5) is 15.3. The highest BCUT2D eigenvalue weighted by molar-refractivity contribution is 5.96. The maximum absolute atomic E-state index is 13.2. The minimum absolute atomic E-state index is 0.0391. The summed E-state index contributed by atoms with van der Waals surface area (Å²) in [5.41, 5.74) is 1.52. The molecule has 1 amide bonds. The van der Waals surface area contributed by atoms with Crippen LogP contribution in [0.3, 0.4) is 0 Å². The van der Waals surface area contributed by atoms with Crippen molar-refractivity contribution in [3.8, 4) is 0 Å². The molecule has 2 fully saturated rings.